The van der Waals surface area contributed by atoms with Crippen LogP contribution in [0.2, 0.25) is 15.1 Å². The molecule has 1 aromatic rings. The topological polar surface area (TPSA) is 180 Å². The predicted octanol–water partition coefficient (Wildman–Crippen LogP) is 4.24. The van der Waals surface area contributed by atoms with Crippen LogP contribution in [0, 0.1) is 5.92 Å². The van der Waals surface area contributed by atoms with E-state index in [1.54, 1.807) is 20.8 Å². The Balaban J connectivity index is 1.44. The summed E-state index contributed by atoms with van der Waals surface area (Å²) in [6.07, 6.45) is 6.89. The summed E-state index contributed by atoms with van der Waals surface area (Å²) in [5.74, 6) is -3.25. The fraction of sp³-hybridized carbons (Fsp3) is 0.606. The summed E-state index contributed by atoms with van der Waals surface area (Å²) in [5, 5.41) is 7.84. The highest BCUT2D eigenvalue weighted by atomic mass is 35.5. The maximum atomic E-state index is 14.3. The van der Waals surface area contributed by atoms with Gasteiger partial charge in [0.2, 0.25) is 21.8 Å². The summed E-state index contributed by atoms with van der Waals surface area (Å²) >= 11 is 18.6. The lowest BCUT2D eigenvalue weighted by molar-refractivity contribution is -0.141. The van der Waals surface area contributed by atoms with Crippen LogP contribution in [0.4, 0.5) is 4.79 Å². The fourth-order valence-electron chi connectivity index (χ4n) is 6.37. The van der Waals surface area contributed by atoms with Crippen molar-refractivity contribution in [3.8, 4) is 0 Å². The van der Waals surface area contributed by atoms with Crippen LogP contribution in [0.3, 0.4) is 0 Å². The van der Waals surface area contributed by atoms with Gasteiger partial charge in [0.05, 0.1) is 20.9 Å². The minimum absolute atomic E-state index is 0.00483. The molecule has 1 aromatic carbocycles. The molecule has 0 unspecified atom stereocenters. The maximum absolute atomic E-state index is 14.3. The Morgan fingerprint density at radius 2 is 1.68 bits per heavy atom. The van der Waals surface area contributed by atoms with Crippen molar-refractivity contribution in [1.82, 2.24) is 25.6 Å². The average Bonchev–Trinajstić information content (AvgIpc) is 3.91. The van der Waals surface area contributed by atoms with Gasteiger partial charge in [0.15, 0.2) is 0 Å². The molecule has 0 aromatic heterocycles. The van der Waals surface area contributed by atoms with Gasteiger partial charge >= 0.3 is 6.09 Å². The molecule has 5 amide bonds. The van der Waals surface area contributed by atoms with Gasteiger partial charge in [0, 0.05) is 23.5 Å². The molecule has 2 saturated carbocycles. The van der Waals surface area contributed by atoms with Gasteiger partial charge in [-0.1, -0.05) is 59.8 Å². The third-order valence-electron chi connectivity index (χ3n) is 9.14. The number of fused-ring (bicyclic) bond motifs is 2. The van der Waals surface area contributed by atoms with E-state index in [1.807, 2.05) is 12.2 Å². The van der Waals surface area contributed by atoms with E-state index >= 15 is 0 Å². The average molecular weight is 775 g/mol. The predicted molar refractivity (Wildman–Crippen MR) is 187 cm³/mol. The van der Waals surface area contributed by atoms with E-state index in [4.69, 9.17) is 39.5 Å². The molecule has 0 bridgehead atoms. The third kappa shape index (κ3) is 9.04. The van der Waals surface area contributed by atoms with Crippen molar-refractivity contribution in [1.29, 1.82) is 0 Å². The number of ether oxygens (including phenoxy) is 1. The first-order valence-corrected chi connectivity index (χ1v) is 19.4. The molecule has 274 valence electrons. The lowest BCUT2D eigenvalue weighted by Gasteiger charge is -2.30. The second kappa shape index (κ2) is 14.9. The van der Waals surface area contributed by atoms with Crippen molar-refractivity contribution in [3.63, 3.8) is 0 Å². The molecule has 5 atom stereocenters. The first-order chi connectivity index (χ1) is 23.4. The summed E-state index contributed by atoms with van der Waals surface area (Å²) in [5.41, 5.74) is -2.43. The van der Waals surface area contributed by atoms with Crippen LogP contribution in [0.5, 0.6) is 0 Å². The zero-order chi connectivity index (χ0) is 36.6. The summed E-state index contributed by atoms with van der Waals surface area (Å²) in [4.78, 5) is 69.5. The lowest BCUT2D eigenvalue weighted by Crippen LogP contribution is -2.58. The van der Waals surface area contributed by atoms with Crippen LogP contribution in [0.15, 0.2) is 24.3 Å². The minimum Gasteiger partial charge on any atom is -0.444 e. The molecule has 4 N–H and O–H groups in total. The number of halogens is 3. The van der Waals surface area contributed by atoms with Crippen molar-refractivity contribution in [3.05, 3.63) is 44.9 Å². The smallest absolute Gasteiger partial charge is 0.408 e. The number of rotatable bonds is 6. The number of carbonyl (C=O) groups excluding carboxylic acids is 5. The largest absolute Gasteiger partial charge is 0.444 e. The van der Waals surface area contributed by atoms with Gasteiger partial charge < -0.3 is 25.6 Å². The molecule has 0 radical (unpaired) electrons. The number of alkyl carbamates (subject to hydrolysis) is 1. The van der Waals surface area contributed by atoms with Crippen molar-refractivity contribution in [2.45, 2.75) is 113 Å². The van der Waals surface area contributed by atoms with Gasteiger partial charge in [-0.2, -0.15) is 0 Å². The van der Waals surface area contributed by atoms with Crippen LogP contribution in [-0.4, -0.2) is 84.1 Å². The number of carbonyl (C=O) groups is 5. The molecule has 0 spiro atoms. The molecular weight excluding hydrogens is 733 g/mol. The van der Waals surface area contributed by atoms with E-state index in [0.29, 0.717) is 25.7 Å². The standard InChI is InChI=1S/C33H42Cl3N5O8S/c1-32(2,3)49-31(46)38-24-10-8-6-4-5-7-9-18-16-33(18,30(45)40-50(47,48)21-11-12-21)39-27(42)25-15-20(17-41(25)29(24)44)37-28(43)26-22(35)13-19(34)14-23(26)36/h7,9,13-14,18,20-21,24-25H,4-6,8,10-12,15-17H2,1-3H3,(H,37,43)(H,38,46)(H,39,42)(H,40,45)/b9-7-/t18-,20+,24-,25-,33+/m0/s1. The molecule has 50 heavy (non-hydrogen) atoms. The van der Waals surface area contributed by atoms with E-state index < -0.39 is 80.2 Å². The Morgan fingerprint density at radius 1 is 1.00 bits per heavy atom. The Kier molecular flexibility index (Phi) is 11.4. The fourth-order valence-corrected chi connectivity index (χ4v) is 8.72. The zero-order valence-electron chi connectivity index (χ0n) is 28.0. The highest BCUT2D eigenvalue weighted by molar-refractivity contribution is 7.91. The minimum atomic E-state index is -3.92. The Bertz CT molecular complexity index is 1670. The van der Waals surface area contributed by atoms with Crippen LogP contribution >= 0.6 is 34.8 Å². The van der Waals surface area contributed by atoms with Gasteiger partial charge in [0.25, 0.3) is 11.8 Å². The number of nitrogens with one attached hydrogen (secondary N) is 4. The first-order valence-electron chi connectivity index (χ1n) is 16.7. The van der Waals surface area contributed by atoms with E-state index in [0.717, 1.165) is 12.8 Å². The Morgan fingerprint density at radius 3 is 2.32 bits per heavy atom. The lowest BCUT2D eigenvalue weighted by atomic mass is 10.0. The van der Waals surface area contributed by atoms with Gasteiger partial charge in [-0.05, 0) is 77.8 Å². The van der Waals surface area contributed by atoms with Crippen LogP contribution in [0.1, 0.15) is 88.9 Å². The third-order valence-corrected chi connectivity index (χ3v) is 11.8. The molecule has 17 heteroatoms. The van der Waals surface area contributed by atoms with E-state index in [2.05, 4.69) is 20.7 Å². The zero-order valence-corrected chi connectivity index (χ0v) is 31.1. The first kappa shape index (κ1) is 38.2. The Hall–Kier alpha value is -3.07. The van der Waals surface area contributed by atoms with E-state index in [1.165, 1.54) is 17.0 Å². The number of sulfonamides is 1. The monoisotopic (exact) mass is 773 g/mol. The molecule has 2 aliphatic carbocycles. The second-order valence-electron chi connectivity index (χ2n) is 14.4. The summed E-state index contributed by atoms with van der Waals surface area (Å²) in [6.45, 7) is 4.95. The molecule has 2 aliphatic heterocycles. The van der Waals surface area contributed by atoms with E-state index in [-0.39, 0.29) is 46.4 Å². The van der Waals surface area contributed by atoms with Crippen molar-refractivity contribution in [2.24, 2.45) is 5.92 Å². The molecule has 1 saturated heterocycles. The van der Waals surface area contributed by atoms with Gasteiger partial charge in [-0.25, -0.2) is 13.2 Å². The highest BCUT2D eigenvalue weighted by Gasteiger charge is 2.62. The second-order valence-corrected chi connectivity index (χ2v) is 17.6. The van der Waals surface area contributed by atoms with Crippen molar-refractivity contribution < 1.29 is 37.1 Å². The molecule has 13 nitrogen and oxygen atoms in total. The number of benzene rings is 1. The number of allylic oxidation sites excluding steroid dienone is 1. The molecule has 2 heterocycles. The summed E-state index contributed by atoms with van der Waals surface area (Å²) in [7, 11) is -3.92. The van der Waals surface area contributed by atoms with Crippen LogP contribution in [0.25, 0.3) is 0 Å². The molecule has 4 aliphatic rings. The maximum Gasteiger partial charge on any atom is 0.408 e. The number of nitrogens with zero attached hydrogens (tertiary/aromatic N) is 1. The van der Waals surface area contributed by atoms with Crippen molar-refractivity contribution in [2.75, 3.05) is 6.54 Å². The van der Waals surface area contributed by atoms with Gasteiger partial charge in [-0.15, -0.1) is 0 Å². The molecule has 5 rings (SSSR count). The van der Waals surface area contributed by atoms with Crippen molar-refractivity contribution >= 4 is 74.5 Å². The SMILES string of the molecule is CC(C)(C)OC(=O)N[C@H]1CCCCC/C=C\[C@H]2C[C@@]2(C(=O)NS(=O)(=O)C2CC2)NC(=O)[C@@H]2C[C@@H](NC(=O)c3c(Cl)cc(Cl)cc3Cl)CN2C1=O. The van der Waals surface area contributed by atoms with Gasteiger partial charge in [0.1, 0.15) is 23.2 Å². The number of hydrogen-bond acceptors (Lipinski definition) is 8. The van der Waals surface area contributed by atoms with Crippen LogP contribution < -0.4 is 20.7 Å². The summed E-state index contributed by atoms with van der Waals surface area (Å²) in [6, 6.07) is -0.320. The van der Waals surface area contributed by atoms with E-state index in [9.17, 15) is 32.4 Å². The summed E-state index contributed by atoms with van der Waals surface area (Å²) < 4.78 is 33.0. The highest BCUT2D eigenvalue weighted by Crippen LogP contribution is 2.46. The molecule has 3 fully saturated rings. The number of hydrogen-bond donors (Lipinski definition) is 4. The van der Waals surface area contributed by atoms with Crippen LogP contribution in [-0.2, 0) is 29.1 Å². The van der Waals surface area contributed by atoms with Gasteiger partial charge in [-0.3, -0.25) is 23.9 Å². The number of amides is 5. The molecular formula is C33H42Cl3N5O8S. The Labute approximate surface area is 306 Å². The quantitative estimate of drug-likeness (QED) is 0.310. The normalized spacial score (nSPS) is 28.2.